The summed E-state index contributed by atoms with van der Waals surface area (Å²) in [6.45, 7) is 0.199. The Morgan fingerprint density at radius 1 is 0.750 bits per heavy atom. The number of para-hydroxylation sites is 1. The third kappa shape index (κ3) is 4.68. The summed E-state index contributed by atoms with van der Waals surface area (Å²) in [5.41, 5.74) is 5.46. The van der Waals surface area contributed by atoms with Gasteiger partial charge < -0.3 is 4.74 Å². The Hall–Kier alpha value is -4.16. The van der Waals surface area contributed by atoms with Crippen LogP contribution in [-0.4, -0.2) is 26.8 Å². The van der Waals surface area contributed by atoms with Crippen LogP contribution in [0.15, 0.2) is 109 Å². The summed E-state index contributed by atoms with van der Waals surface area (Å²) in [6.07, 6.45) is 1.26. The highest BCUT2D eigenvalue weighted by atomic mass is 32.2. The van der Waals surface area contributed by atoms with Crippen molar-refractivity contribution in [3.05, 3.63) is 115 Å². The number of methoxy groups -OCH3 is 1. The molecule has 0 aliphatic heterocycles. The van der Waals surface area contributed by atoms with Gasteiger partial charge in [0.2, 0.25) is 10.0 Å². The minimum absolute atomic E-state index is 0.199. The van der Waals surface area contributed by atoms with Gasteiger partial charge in [0.25, 0.3) is 0 Å². The van der Waals surface area contributed by atoms with E-state index in [2.05, 4.69) is 0 Å². The van der Waals surface area contributed by atoms with Crippen LogP contribution >= 0.6 is 0 Å². The van der Waals surface area contributed by atoms with Crippen LogP contribution < -0.4 is 9.04 Å². The van der Waals surface area contributed by atoms with Crippen LogP contribution in [0.25, 0.3) is 33.3 Å². The van der Waals surface area contributed by atoms with Crippen LogP contribution in [0.2, 0.25) is 0 Å². The molecule has 0 aliphatic rings. The lowest BCUT2D eigenvalue weighted by Gasteiger charge is -2.28. The molecule has 0 unspecified atom stereocenters. The van der Waals surface area contributed by atoms with Crippen LogP contribution in [-0.2, 0) is 16.6 Å². The van der Waals surface area contributed by atoms with Crippen LogP contribution in [0.5, 0.6) is 5.75 Å². The van der Waals surface area contributed by atoms with Crippen molar-refractivity contribution in [1.29, 1.82) is 0 Å². The topological polar surface area (TPSA) is 59.5 Å². The molecule has 5 rings (SSSR count). The highest BCUT2D eigenvalue weighted by molar-refractivity contribution is 7.92. The normalized spacial score (nSPS) is 11.4. The number of ether oxygens (including phenoxy) is 1. The fraction of sp³-hybridized carbons (Fsp3) is 0.100. The van der Waals surface area contributed by atoms with E-state index in [-0.39, 0.29) is 6.54 Å². The second-order valence-electron chi connectivity index (χ2n) is 8.55. The summed E-state index contributed by atoms with van der Waals surface area (Å²) >= 11 is 0. The fourth-order valence-corrected chi connectivity index (χ4v) is 5.31. The van der Waals surface area contributed by atoms with Gasteiger partial charge in [-0.05, 0) is 29.3 Å². The number of hydrogen-bond acceptors (Lipinski definition) is 4. The molecule has 0 saturated heterocycles. The average Bonchev–Trinajstić information content (AvgIpc) is 2.91. The Morgan fingerprint density at radius 2 is 1.36 bits per heavy atom. The summed E-state index contributed by atoms with van der Waals surface area (Å²) < 4.78 is 33.7. The van der Waals surface area contributed by atoms with Crippen LogP contribution in [0, 0.1) is 0 Å². The number of sulfonamides is 1. The average molecular weight is 495 g/mol. The first kappa shape index (κ1) is 23.6. The standard InChI is InChI=1S/C30H26N2O3S/c1-35-25-19-17-23(18-20-25)28-29(24-13-7-4-8-14-24)31-27-16-10-9-15-26(27)30(28)32(36(2,33)34)21-22-11-5-3-6-12-22/h3-20H,21H2,1-2H3. The van der Waals surface area contributed by atoms with Crippen molar-refractivity contribution in [2.24, 2.45) is 0 Å². The van der Waals surface area contributed by atoms with Crippen molar-refractivity contribution in [2.45, 2.75) is 6.54 Å². The zero-order valence-electron chi connectivity index (χ0n) is 20.1. The molecule has 0 bridgehead atoms. The van der Waals surface area contributed by atoms with Gasteiger partial charge in [0.1, 0.15) is 5.75 Å². The van der Waals surface area contributed by atoms with Crippen molar-refractivity contribution in [2.75, 3.05) is 17.7 Å². The minimum atomic E-state index is -3.67. The van der Waals surface area contributed by atoms with Gasteiger partial charge in [-0.2, -0.15) is 0 Å². The molecule has 4 aromatic carbocycles. The summed E-state index contributed by atoms with van der Waals surface area (Å²) in [5.74, 6) is 0.722. The van der Waals surface area contributed by atoms with E-state index >= 15 is 0 Å². The maximum absolute atomic E-state index is 13.4. The van der Waals surface area contributed by atoms with Crippen LogP contribution in [0.3, 0.4) is 0 Å². The van der Waals surface area contributed by atoms with Crippen LogP contribution in [0.4, 0.5) is 5.69 Å². The first-order chi connectivity index (χ1) is 17.5. The largest absolute Gasteiger partial charge is 0.497 e. The zero-order valence-corrected chi connectivity index (χ0v) is 20.9. The molecule has 0 spiro atoms. The quantitative estimate of drug-likeness (QED) is 0.258. The molecule has 0 aliphatic carbocycles. The second kappa shape index (κ2) is 9.84. The van der Waals surface area contributed by atoms with E-state index in [1.54, 1.807) is 7.11 Å². The Balaban J connectivity index is 1.89. The molecule has 0 N–H and O–H groups in total. The van der Waals surface area contributed by atoms with E-state index in [4.69, 9.17) is 9.72 Å². The molecular weight excluding hydrogens is 468 g/mol. The molecule has 5 aromatic rings. The summed E-state index contributed by atoms with van der Waals surface area (Å²) in [5, 5.41) is 0.768. The predicted molar refractivity (Wildman–Crippen MR) is 147 cm³/mol. The van der Waals surface area contributed by atoms with Gasteiger partial charge in [0, 0.05) is 16.5 Å². The highest BCUT2D eigenvalue weighted by Crippen LogP contribution is 2.44. The van der Waals surface area contributed by atoms with E-state index in [0.29, 0.717) is 5.69 Å². The predicted octanol–water partition coefficient (Wildman–Crippen LogP) is 6.54. The number of benzene rings is 4. The molecule has 6 heteroatoms. The van der Waals surface area contributed by atoms with Crippen molar-refractivity contribution >= 4 is 26.6 Å². The molecule has 5 nitrogen and oxygen atoms in total. The summed E-state index contributed by atoms with van der Waals surface area (Å²) in [4.78, 5) is 5.04. The number of nitrogens with zero attached hydrogens (tertiary/aromatic N) is 2. The van der Waals surface area contributed by atoms with Crippen LogP contribution in [0.1, 0.15) is 5.56 Å². The lowest BCUT2D eigenvalue weighted by atomic mass is 9.94. The third-order valence-corrected chi connectivity index (χ3v) is 7.22. The first-order valence-electron chi connectivity index (χ1n) is 11.6. The first-order valence-corrected chi connectivity index (χ1v) is 13.4. The maximum atomic E-state index is 13.4. The van der Waals surface area contributed by atoms with Crippen molar-refractivity contribution in [3.63, 3.8) is 0 Å². The van der Waals surface area contributed by atoms with Crippen molar-refractivity contribution in [1.82, 2.24) is 4.98 Å². The molecular formula is C30H26N2O3S. The van der Waals surface area contributed by atoms with Crippen molar-refractivity contribution < 1.29 is 13.2 Å². The molecule has 0 saturated carbocycles. The van der Waals surface area contributed by atoms with E-state index in [1.165, 1.54) is 10.6 Å². The Bertz CT molecular complexity index is 1600. The number of pyridine rings is 1. The zero-order chi connectivity index (χ0) is 25.1. The van der Waals surface area contributed by atoms with E-state index in [9.17, 15) is 8.42 Å². The van der Waals surface area contributed by atoms with E-state index in [1.807, 2.05) is 109 Å². The number of hydrogen-bond donors (Lipinski definition) is 0. The fourth-order valence-electron chi connectivity index (χ4n) is 4.40. The minimum Gasteiger partial charge on any atom is -0.497 e. The summed E-state index contributed by atoms with van der Waals surface area (Å²) in [6, 6.07) is 34.8. The molecule has 1 heterocycles. The SMILES string of the molecule is COc1ccc(-c2c(-c3ccccc3)nc3ccccc3c2N(Cc2ccccc2)S(C)(=O)=O)cc1. The molecule has 0 radical (unpaired) electrons. The van der Waals surface area contributed by atoms with Crippen molar-refractivity contribution in [3.8, 4) is 28.1 Å². The molecule has 0 fully saturated rings. The molecule has 0 atom stereocenters. The van der Waals surface area contributed by atoms with Gasteiger partial charge in [-0.15, -0.1) is 0 Å². The second-order valence-corrected chi connectivity index (χ2v) is 10.5. The summed E-state index contributed by atoms with van der Waals surface area (Å²) in [7, 11) is -2.05. The smallest absolute Gasteiger partial charge is 0.232 e. The molecule has 0 amide bonds. The van der Waals surface area contributed by atoms with E-state index < -0.39 is 10.0 Å². The van der Waals surface area contributed by atoms with Gasteiger partial charge in [-0.1, -0.05) is 91.0 Å². The van der Waals surface area contributed by atoms with E-state index in [0.717, 1.165) is 44.6 Å². The highest BCUT2D eigenvalue weighted by Gasteiger charge is 2.27. The van der Waals surface area contributed by atoms with Gasteiger partial charge in [0.15, 0.2) is 0 Å². The van der Waals surface area contributed by atoms with Gasteiger partial charge in [0.05, 0.1) is 36.8 Å². The lowest BCUT2D eigenvalue weighted by Crippen LogP contribution is -2.30. The number of fused-ring (bicyclic) bond motifs is 1. The maximum Gasteiger partial charge on any atom is 0.232 e. The Labute approximate surface area is 211 Å². The third-order valence-electron chi connectivity index (χ3n) is 6.11. The van der Waals surface area contributed by atoms with Gasteiger partial charge >= 0.3 is 0 Å². The van der Waals surface area contributed by atoms with Gasteiger partial charge in [-0.3, -0.25) is 4.31 Å². The lowest BCUT2D eigenvalue weighted by molar-refractivity contribution is 0.415. The molecule has 1 aromatic heterocycles. The number of anilines is 1. The molecule has 180 valence electrons. The Kier molecular flexibility index (Phi) is 6.44. The number of rotatable bonds is 7. The molecule has 36 heavy (non-hydrogen) atoms. The monoisotopic (exact) mass is 494 g/mol. The number of aromatic nitrogens is 1. The van der Waals surface area contributed by atoms with Gasteiger partial charge in [-0.25, -0.2) is 13.4 Å². The Morgan fingerprint density at radius 3 is 2.00 bits per heavy atom.